The van der Waals surface area contributed by atoms with Crippen LogP contribution in [0.5, 0.6) is 0 Å². The molecule has 0 saturated carbocycles. The van der Waals surface area contributed by atoms with Crippen molar-refractivity contribution in [2.45, 2.75) is 26.3 Å². The van der Waals surface area contributed by atoms with Crippen LogP contribution in [0, 0.1) is 5.82 Å². The van der Waals surface area contributed by atoms with E-state index in [4.69, 9.17) is 5.11 Å². The maximum atomic E-state index is 13.7. The number of carboxylic acids is 1. The molecule has 0 heterocycles. The van der Waals surface area contributed by atoms with E-state index in [9.17, 15) is 14.0 Å². The molecule has 6 heteroatoms. The number of aromatic carboxylic acids is 1. The number of hydrogen-bond acceptors (Lipinski definition) is 2. The molecule has 21 heavy (non-hydrogen) atoms. The maximum Gasteiger partial charge on any atom is 0.335 e. The van der Waals surface area contributed by atoms with Crippen LogP contribution < -0.4 is 5.32 Å². The number of halogens is 1. The van der Waals surface area contributed by atoms with Crippen molar-refractivity contribution in [3.63, 3.8) is 0 Å². The molecule has 0 aliphatic rings. The third kappa shape index (κ3) is 4.30. The second kappa shape index (κ2) is 6.39. The summed E-state index contributed by atoms with van der Waals surface area (Å²) in [6, 6.07) is 2.71. The van der Waals surface area contributed by atoms with Gasteiger partial charge in [-0.05, 0) is 39.0 Å². The molecule has 5 nitrogen and oxygen atoms in total. The number of carboxylic acid groups (broad SMARTS) is 1. The van der Waals surface area contributed by atoms with E-state index in [0.717, 1.165) is 18.2 Å². The predicted molar refractivity (Wildman–Crippen MR) is 79.0 cm³/mol. The van der Waals surface area contributed by atoms with Crippen LogP contribution in [0.2, 0.25) is 0 Å². The van der Waals surface area contributed by atoms with Gasteiger partial charge in [0.25, 0.3) is 0 Å². The van der Waals surface area contributed by atoms with Crippen molar-refractivity contribution in [1.29, 1.82) is 0 Å². The van der Waals surface area contributed by atoms with Gasteiger partial charge in [-0.3, -0.25) is 0 Å². The lowest BCUT2D eigenvalue weighted by Crippen LogP contribution is -2.47. The van der Waals surface area contributed by atoms with Crippen molar-refractivity contribution in [2.75, 3.05) is 11.9 Å². The van der Waals surface area contributed by atoms with E-state index in [1.807, 2.05) is 20.8 Å². The third-order valence-corrected chi connectivity index (χ3v) is 2.82. The van der Waals surface area contributed by atoms with Gasteiger partial charge >= 0.3 is 12.0 Å². The van der Waals surface area contributed by atoms with Gasteiger partial charge in [-0.2, -0.15) is 0 Å². The minimum atomic E-state index is -1.19. The molecule has 0 aliphatic carbocycles. The number of urea groups is 1. The summed E-state index contributed by atoms with van der Waals surface area (Å²) in [4.78, 5) is 24.6. The van der Waals surface area contributed by atoms with E-state index >= 15 is 0 Å². The molecule has 0 unspecified atom stereocenters. The number of nitrogens with zero attached hydrogens (tertiary/aromatic N) is 1. The Hall–Kier alpha value is -2.37. The number of carbonyl (C=O) groups is 2. The van der Waals surface area contributed by atoms with Gasteiger partial charge in [0.2, 0.25) is 0 Å². The first-order chi connectivity index (χ1) is 9.66. The lowest BCUT2D eigenvalue weighted by molar-refractivity contribution is 0.0696. The Kier molecular flexibility index (Phi) is 5.07. The Morgan fingerprint density at radius 1 is 1.43 bits per heavy atom. The van der Waals surface area contributed by atoms with Crippen LogP contribution in [0.1, 0.15) is 31.1 Å². The number of amides is 2. The van der Waals surface area contributed by atoms with Crippen molar-refractivity contribution < 1.29 is 19.1 Å². The van der Waals surface area contributed by atoms with Crippen LogP contribution in [0.25, 0.3) is 0 Å². The second-order valence-electron chi connectivity index (χ2n) is 5.50. The molecule has 0 spiro atoms. The van der Waals surface area contributed by atoms with E-state index in [1.54, 1.807) is 6.08 Å². The molecule has 0 saturated heterocycles. The van der Waals surface area contributed by atoms with Crippen LogP contribution in [0.15, 0.2) is 30.9 Å². The predicted octanol–water partition coefficient (Wildman–Crippen LogP) is 3.34. The molecule has 0 atom stereocenters. The minimum Gasteiger partial charge on any atom is -0.478 e. The fourth-order valence-electron chi connectivity index (χ4n) is 1.73. The van der Waals surface area contributed by atoms with E-state index in [0.29, 0.717) is 0 Å². The number of nitrogens with one attached hydrogen (secondary N) is 1. The molecule has 0 radical (unpaired) electrons. The average Bonchev–Trinajstić information content (AvgIpc) is 2.36. The molecular formula is C15H19FN2O3. The van der Waals surface area contributed by atoms with Gasteiger partial charge in [-0.1, -0.05) is 6.08 Å². The van der Waals surface area contributed by atoms with Gasteiger partial charge in [0.1, 0.15) is 5.82 Å². The fourth-order valence-corrected chi connectivity index (χ4v) is 1.73. The summed E-state index contributed by atoms with van der Waals surface area (Å²) in [5.41, 5.74) is -0.755. The number of anilines is 1. The summed E-state index contributed by atoms with van der Waals surface area (Å²) in [6.07, 6.45) is 1.56. The fraction of sp³-hybridized carbons (Fsp3) is 0.333. The zero-order chi connectivity index (χ0) is 16.2. The molecule has 1 aromatic carbocycles. The Morgan fingerprint density at radius 2 is 2.05 bits per heavy atom. The molecule has 2 N–H and O–H groups in total. The number of rotatable bonds is 4. The van der Waals surface area contributed by atoms with Crippen molar-refractivity contribution in [3.8, 4) is 0 Å². The average molecular weight is 294 g/mol. The van der Waals surface area contributed by atoms with E-state index < -0.39 is 23.4 Å². The first-order valence-electron chi connectivity index (χ1n) is 6.39. The molecule has 0 fully saturated rings. The highest BCUT2D eigenvalue weighted by atomic mass is 19.1. The summed E-state index contributed by atoms with van der Waals surface area (Å²) in [5.74, 6) is -1.88. The quantitative estimate of drug-likeness (QED) is 0.837. The minimum absolute atomic E-state index is 0.0993. The van der Waals surface area contributed by atoms with Gasteiger partial charge < -0.3 is 15.3 Å². The summed E-state index contributed by atoms with van der Waals surface area (Å²) in [7, 11) is 0. The molecule has 0 bridgehead atoms. The van der Waals surface area contributed by atoms with Crippen LogP contribution in [0.3, 0.4) is 0 Å². The Morgan fingerprint density at radius 3 is 2.52 bits per heavy atom. The number of hydrogen-bond donors (Lipinski definition) is 2. The molecule has 0 aliphatic heterocycles. The molecule has 2 amide bonds. The Balaban J connectivity index is 3.03. The molecule has 114 valence electrons. The van der Waals surface area contributed by atoms with Gasteiger partial charge in [-0.15, -0.1) is 6.58 Å². The third-order valence-electron chi connectivity index (χ3n) is 2.82. The summed E-state index contributed by atoms with van der Waals surface area (Å²) < 4.78 is 13.7. The molecular weight excluding hydrogens is 275 g/mol. The lowest BCUT2D eigenvalue weighted by atomic mass is 10.1. The zero-order valence-electron chi connectivity index (χ0n) is 12.3. The van der Waals surface area contributed by atoms with Crippen LogP contribution in [-0.4, -0.2) is 34.1 Å². The highest BCUT2D eigenvalue weighted by Gasteiger charge is 2.26. The van der Waals surface area contributed by atoms with Crippen molar-refractivity contribution in [1.82, 2.24) is 4.90 Å². The van der Waals surface area contributed by atoms with Crippen molar-refractivity contribution >= 4 is 17.7 Å². The normalized spacial score (nSPS) is 10.9. The van der Waals surface area contributed by atoms with Crippen LogP contribution >= 0.6 is 0 Å². The first kappa shape index (κ1) is 16.7. The summed E-state index contributed by atoms with van der Waals surface area (Å²) in [5, 5.41) is 11.3. The molecule has 1 aromatic rings. The summed E-state index contributed by atoms with van der Waals surface area (Å²) in [6.45, 7) is 9.37. The molecule has 0 aromatic heterocycles. The van der Waals surface area contributed by atoms with Crippen molar-refractivity contribution in [2.24, 2.45) is 0 Å². The van der Waals surface area contributed by atoms with E-state index in [-0.39, 0.29) is 17.8 Å². The van der Waals surface area contributed by atoms with E-state index in [1.165, 1.54) is 4.90 Å². The van der Waals surface area contributed by atoms with Crippen molar-refractivity contribution in [3.05, 3.63) is 42.2 Å². The Bertz CT molecular complexity index is 565. The first-order valence-corrected chi connectivity index (χ1v) is 6.39. The van der Waals surface area contributed by atoms with Crippen LogP contribution in [0.4, 0.5) is 14.9 Å². The van der Waals surface area contributed by atoms with E-state index in [2.05, 4.69) is 11.9 Å². The van der Waals surface area contributed by atoms with Crippen LogP contribution in [-0.2, 0) is 0 Å². The van der Waals surface area contributed by atoms with Gasteiger partial charge in [0.05, 0.1) is 11.3 Å². The molecule has 1 rings (SSSR count). The zero-order valence-corrected chi connectivity index (χ0v) is 12.3. The smallest absolute Gasteiger partial charge is 0.335 e. The van der Waals surface area contributed by atoms with Gasteiger partial charge in [-0.25, -0.2) is 14.0 Å². The lowest BCUT2D eigenvalue weighted by Gasteiger charge is -2.34. The number of carbonyl (C=O) groups excluding carboxylic acids is 1. The Labute approximate surface area is 123 Å². The van der Waals surface area contributed by atoms with Gasteiger partial charge in [0, 0.05) is 12.1 Å². The number of benzene rings is 1. The monoisotopic (exact) mass is 294 g/mol. The standard InChI is InChI=1S/C15H19FN2O3/c1-5-8-18(15(2,3)4)14(21)17-12-9-10(13(19)20)6-7-11(12)16/h5-7,9H,1,8H2,2-4H3,(H,17,21)(H,19,20). The topological polar surface area (TPSA) is 69.6 Å². The highest BCUT2D eigenvalue weighted by Crippen LogP contribution is 2.19. The summed E-state index contributed by atoms with van der Waals surface area (Å²) >= 11 is 0. The largest absolute Gasteiger partial charge is 0.478 e. The second-order valence-corrected chi connectivity index (χ2v) is 5.50. The van der Waals surface area contributed by atoms with Gasteiger partial charge in [0.15, 0.2) is 0 Å². The highest BCUT2D eigenvalue weighted by molar-refractivity contribution is 5.93. The SMILES string of the molecule is C=CCN(C(=O)Nc1cc(C(=O)O)ccc1F)C(C)(C)C. The maximum absolute atomic E-state index is 13.7.